The molecule has 7 heteroatoms. The number of hydrogen-bond donors (Lipinski definition) is 3. The van der Waals surface area contributed by atoms with Gasteiger partial charge in [0.2, 0.25) is 0 Å². The Bertz CT molecular complexity index is 377. The van der Waals surface area contributed by atoms with Gasteiger partial charge < -0.3 is 16.2 Å². The lowest BCUT2D eigenvalue weighted by molar-refractivity contribution is -0.136. The van der Waals surface area contributed by atoms with Crippen LogP contribution in [-0.2, 0) is 9.59 Å². The van der Waals surface area contributed by atoms with Gasteiger partial charge >= 0.3 is 12.0 Å². The van der Waals surface area contributed by atoms with Crippen LogP contribution >= 0.6 is 11.6 Å². The normalized spacial score (nSPS) is 17.6. The quantitative estimate of drug-likeness (QED) is 0.681. The summed E-state index contributed by atoms with van der Waals surface area (Å²) in [5.41, 5.74) is 4.83. The minimum atomic E-state index is -0.746. The second-order valence-corrected chi connectivity index (χ2v) is 3.46. The molecule has 0 aliphatic heterocycles. The lowest BCUT2D eigenvalue weighted by atomic mass is 10.1. The summed E-state index contributed by atoms with van der Waals surface area (Å²) in [7, 11) is 0. The highest BCUT2D eigenvalue weighted by atomic mass is 35.5. The second-order valence-electron chi connectivity index (χ2n) is 3.02. The number of carbonyl (C=O) groups is 3. The molecule has 1 rings (SSSR count). The fraction of sp³-hybridized carbons (Fsp3) is 0.300. The van der Waals surface area contributed by atoms with Crippen LogP contribution in [-0.4, -0.2) is 28.9 Å². The molecule has 2 amide bonds. The van der Waals surface area contributed by atoms with Gasteiger partial charge in [0.05, 0.1) is 0 Å². The molecule has 0 saturated heterocycles. The highest BCUT2D eigenvalue weighted by Gasteiger charge is 2.17. The van der Waals surface area contributed by atoms with Crippen molar-refractivity contribution in [3.05, 3.63) is 23.3 Å². The van der Waals surface area contributed by atoms with E-state index in [0.717, 1.165) is 0 Å². The maximum atomic E-state index is 11.0. The van der Waals surface area contributed by atoms with Crippen molar-refractivity contribution in [1.29, 1.82) is 0 Å². The van der Waals surface area contributed by atoms with Gasteiger partial charge in [0.15, 0.2) is 5.78 Å². The van der Waals surface area contributed by atoms with E-state index in [1.54, 1.807) is 6.92 Å². The minimum Gasteiger partial charge on any atom is -0.481 e. The average molecular weight is 261 g/mol. The highest BCUT2D eigenvalue weighted by molar-refractivity contribution is 6.32. The molecule has 0 aromatic carbocycles. The molecular weight excluding hydrogens is 248 g/mol. The van der Waals surface area contributed by atoms with Crippen molar-refractivity contribution in [2.45, 2.75) is 19.4 Å². The predicted octanol–water partition coefficient (Wildman–Crippen LogP) is 0.766. The van der Waals surface area contributed by atoms with Gasteiger partial charge in [-0.3, -0.25) is 9.59 Å². The van der Waals surface area contributed by atoms with Crippen molar-refractivity contribution >= 4 is 29.4 Å². The molecule has 6 nitrogen and oxygen atoms in total. The van der Waals surface area contributed by atoms with Gasteiger partial charge in [-0.15, -0.1) is 0 Å². The van der Waals surface area contributed by atoms with E-state index in [-0.39, 0.29) is 12.2 Å². The third-order valence-corrected chi connectivity index (χ3v) is 1.89. The van der Waals surface area contributed by atoms with Crippen LogP contribution in [0.4, 0.5) is 4.79 Å². The van der Waals surface area contributed by atoms with Crippen molar-refractivity contribution in [2.75, 3.05) is 0 Å². The summed E-state index contributed by atoms with van der Waals surface area (Å²) in [6, 6.07) is -1.47. The number of carboxylic acids is 1. The van der Waals surface area contributed by atoms with E-state index in [9.17, 15) is 14.4 Å². The van der Waals surface area contributed by atoms with Crippen LogP contribution in [0.15, 0.2) is 23.3 Å². The highest BCUT2D eigenvalue weighted by Crippen LogP contribution is 2.11. The van der Waals surface area contributed by atoms with Crippen LogP contribution in [0.5, 0.6) is 0 Å². The molecule has 0 spiro atoms. The van der Waals surface area contributed by atoms with Crippen molar-refractivity contribution in [1.82, 2.24) is 5.32 Å². The minimum absolute atomic E-state index is 0.222. The number of ketones is 1. The number of carbonyl (C=O) groups excluding carboxylic acids is 2. The molecule has 4 N–H and O–H groups in total. The molecule has 1 aliphatic rings. The zero-order valence-corrected chi connectivity index (χ0v) is 9.90. The van der Waals surface area contributed by atoms with Crippen LogP contribution in [0.2, 0.25) is 0 Å². The molecular formula is C10H13ClN2O4. The monoisotopic (exact) mass is 260 g/mol. The van der Waals surface area contributed by atoms with Crippen LogP contribution < -0.4 is 11.1 Å². The molecule has 94 valence electrons. The van der Waals surface area contributed by atoms with E-state index >= 15 is 0 Å². The van der Waals surface area contributed by atoms with Gasteiger partial charge in [-0.2, -0.15) is 0 Å². The number of allylic oxidation sites excluding steroid dienone is 2. The Morgan fingerprint density at radius 1 is 1.53 bits per heavy atom. The van der Waals surface area contributed by atoms with Crippen molar-refractivity contribution in [3.8, 4) is 0 Å². The van der Waals surface area contributed by atoms with E-state index < -0.39 is 18.0 Å². The summed E-state index contributed by atoms with van der Waals surface area (Å²) in [5.74, 6) is -0.983. The molecule has 1 aliphatic carbocycles. The topological polar surface area (TPSA) is 109 Å². The standard InChI is InChI=1S/C7H7ClN2O2.C3H6O2/c8-4-1-2-6(11)5(3-4)10-7(9)12;1-2-3(4)5/h1-3,5H,(H3,9,10,12);2H2,1H3,(H,4,5). The molecule has 0 saturated carbocycles. The third-order valence-electron chi connectivity index (χ3n) is 1.64. The summed E-state index contributed by atoms with van der Waals surface area (Å²) in [5, 5.41) is 10.4. The number of amides is 2. The first-order valence-corrected chi connectivity index (χ1v) is 5.11. The smallest absolute Gasteiger partial charge is 0.313 e. The summed E-state index contributed by atoms with van der Waals surface area (Å²) in [4.78, 5) is 30.8. The van der Waals surface area contributed by atoms with Gasteiger partial charge in [-0.05, 0) is 18.2 Å². The van der Waals surface area contributed by atoms with Gasteiger partial charge in [0.1, 0.15) is 6.04 Å². The Balaban J connectivity index is 0.000000437. The first-order chi connectivity index (χ1) is 7.86. The maximum absolute atomic E-state index is 11.0. The Labute approximate surface area is 103 Å². The molecule has 0 aromatic heterocycles. The molecule has 17 heavy (non-hydrogen) atoms. The second kappa shape index (κ2) is 7.45. The summed E-state index contributed by atoms with van der Waals surface area (Å²) < 4.78 is 0. The molecule has 0 aromatic rings. The number of primary amides is 1. The van der Waals surface area contributed by atoms with Crippen molar-refractivity contribution in [2.24, 2.45) is 5.73 Å². The Morgan fingerprint density at radius 3 is 2.47 bits per heavy atom. The molecule has 0 bridgehead atoms. The summed E-state index contributed by atoms with van der Waals surface area (Å²) in [6.07, 6.45) is 4.40. The number of rotatable bonds is 2. The van der Waals surface area contributed by atoms with E-state index in [1.165, 1.54) is 18.2 Å². The number of urea groups is 1. The van der Waals surface area contributed by atoms with E-state index in [4.69, 9.17) is 22.4 Å². The fourth-order valence-electron chi connectivity index (χ4n) is 0.828. The Hall–Kier alpha value is -1.82. The Morgan fingerprint density at radius 2 is 2.06 bits per heavy atom. The zero-order valence-electron chi connectivity index (χ0n) is 9.14. The van der Waals surface area contributed by atoms with Crippen LogP contribution in [0, 0.1) is 0 Å². The number of halogens is 1. The van der Waals surface area contributed by atoms with Crippen molar-refractivity contribution < 1.29 is 19.5 Å². The molecule has 0 radical (unpaired) electrons. The first-order valence-electron chi connectivity index (χ1n) is 4.73. The number of nitrogens with one attached hydrogen (secondary N) is 1. The number of aliphatic carboxylic acids is 1. The SMILES string of the molecule is CCC(=O)O.NC(=O)NC1C=C(Cl)C=CC1=O. The van der Waals surface area contributed by atoms with Gasteiger partial charge in [-0.25, -0.2) is 4.79 Å². The molecule has 1 atom stereocenters. The lowest BCUT2D eigenvalue weighted by Crippen LogP contribution is -2.42. The zero-order chi connectivity index (χ0) is 13.4. The van der Waals surface area contributed by atoms with Crippen LogP contribution in [0.25, 0.3) is 0 Å². The van der Waals surface area contributed by atoms with Gasteiger partial charge in [-0.1, -0.05) is 18.5 Å². The lowest BCUT2D eigenvalue weighted by Gasteiger charge is -2.12. The number of hydrogen-bond acceptors (Lipinski definition) is 3. The Kier molecular flexibility index (Phi) is 6.65. The fourth-order valence-corrected chi connectivity index (χ4v) is 1.02. The third kappa shape index (κ3) is 7.13. The summed E-state index contributed by atoms with van der Waals surface area (Å²) in [6.45, 7) is 1.60. The largest absolute Gasteiger partial charge is 0.481 e. The average Bonchev–Trinajstić information content (AvgIpc) is 2.23. The number of nitrogens with two attached hydrogens (primary N) is 1. The predicted molar refractivity (Wildman–Crippen MR) is 62.5 cm³/mol. The molecule has 1 unspecified atom stereocenters. The molecule has 0 fully saturated rings. The van der Waals surface area contributed by atoms with E-state index in [1.807, 2.05) is 0 Å². The summed E-state index contributed by atoms with van der Waals surface area (Å²) >= 11 is 5.59. The first kappa shape index (κ1) is 15.2. The van der Waals surface area contributed by atoms with Crippen LogP contribution in [0.3, 0.4) is 0 Å². The van der Waals surface area contributed by atoms with E-state index in [0.29, 0.717) is 5.03 Å². The maximum Gasteiger partial charge on any atom is 0.313 e. The van der Waals surface area contributed by atoms with Crippen LogP contribution in [0.1, 0.15) is 13.3 Å². The van der Waals surface area contributed by atoms with Gasteiger partial charge in [0.25, 0.3) is 0 Å². The van der Waals surface area contributed by atoms with E-state index in [2.05, 4.69) is 5.32 Å². The number of carboxylic acid groups (broad SMARTS) is 1. The molecule has 0 heterocycles. The van der Waals surface area contributed by atoms with Crippen molar-refractivity contribution in [3.63, 3.8) is 0 Å². The van der Waals surface area contributed by atoms with Gasteiger partial charge in [0, 0.05) is 11.5 Å².